The van der Waals surface area contributed by atoms with Crippen LogP contribution in [0.3, 0.4) is 0 Å². The molecule has 0 bridgehead atoms. The van der Waals surface area contributed by atoms with Crippen LogP contribution in [-0.4, -0.2) is 10.9 Å². The van der Waals surface area contributed by atoms with E-state index in [-0.39, 0.29) is 15.3 Å². The Morgan fingerprint density at radius 1 is 1.09 bits per heavy atom. The molecule has 5 nitrogen and oxygen atoms in total. The maximum atomic E-state index is 11.2. The number of halogens is 2. The standard InChI is InChI=1S/C16H13Br2NO4/c1-10(20)23-14-5-3-2-4-13(14)16(18)15(17)11-6-8-12(9-7-11)19(21)22/h2-9,15-16H,1H3. The van der Waals surface area contributed by atoms with Crippen molar-refractivity contribution >= 4 is 43.5 Å². The maximum Gasteiger partial charge on any atom is 0.308 e. The van der Waals surface area contributed by atoms with Gasteiger partial charge in [0.15, 0.2) is 0 Å². The Hall–Kier alpha value is -1.73. The van der Waals surface area contributed by atoms with E-state index in [1.54, 1.807) is 24.3 Å². The number of non-ortho nitro benzene ring substituents is 1. The van der Waals surface area contributed by atoms with Gasteiger partial charge in [0.1, 0.15) is 5.75 Å². The van der Waals surface area contributed by atoms with E-state index in [0.717, 1.165) is 11.1 Å². The molecule has 7 heteroatoms. The van der Waals surface area contributed by atoms with Gasteiger partial charge in [0.2, 0.25) is 0 Å². The lowest BCUT2D eigenvalue weighted by Crippen LogP contribution is -2.07. The molecular weight excluding hydrogens is 430 g/mol. The average molecular weight is 443 g/mol. The molecule has 0 aliphatic heterocycles. The Bertz CT molecular complexity index is 718. The van der Waals surface area contributed by atoms with Crippen molar-refractivity contribution in [3.05, 3.63) is 69.8 Å². The normalized spacial score (nSPS) is 13.2. The Morgan fingerprint density at radius 3 is 2.26 bits per heavy atom. The lowest BCUT2D eigenvalue weighted by Gasteiger charge is -2.20. The van der Waals surface area contributed by atoms with Crippen LogP contribution in [0, 0.1) is 10.1 Å². The fourth-order valence-corrected chi connectivity index (χ4v) is 3.34. The summed E-state index contributed by atoms with van der Waals surface area (Å²) in [6.07, 6.45) is 0. The van der Waals surface area contributed by atoms with Crippen molar-refractivity contribution in [2.24, 2.45) is 0 Å². The fraction of sp³-hybridized carbons (Fsp3) is 0.188. The summed E-state index contributed by atoms with van der Waals surface area (Å²) < 4.78 is 5.22. The summed E-state index contributed by atoms with van der Waals surface area (Å²) in [5, 5.41) is 10.7. The molecule has 23 heavy (non-hydrogen) atoms. The smallest absolute Gasteiger partial charge is 0.308 e. The zero-order chi connectivity index (χ0) is 17.0. The van der Waals surface area contributed by atoms with Gasteiger partial charge >= 0.3 is 5.97 Å². The van der Waals surface area contributed by atoms with E-state index < -0.39 is 10.9 Å². The quantitative estimate of drug-likeness (QED) is 0.212. The van der Waals surface area contributed by atoms with E-state index in [4.69, 9.17) is 4.74 Å². The molecule has 0 spiro atoms. The van der Waals surface area contributed by atoms with Gasteiger partial charge in [0.05, 0.1) is 14.6 Å². The second-order valence-electron chi connectivity index (χ2n) is 4.78. The molecule has 0 saturated carbocycles. The molecule has 0 radical (unpaired) electrons. The number of nitro benzene ring substituents is 1. The number of nitro groups is 1. The summed E-state index contributed by atoms with van der Waals surface area (Å²) in [6, 6.07) is 13.5. The lowest BCUT2D eigenvalue weighted by molar-refractivity contribution is -0.384. The SMILES string of the molecule is CC(=O)Oc1ccccc1C(Br)C(Br)c1ccc([N+](=O)[O-])cc1. The molecular formula is C16H13Br2NO4. The van der Waals surface area contributed by atoms with Crippen LogP contribution < -0.4 is 4.74 Å². The van der Waals surface area contributed by atoms with Gasteiger partial charge in [-0.1, -0.05) is 62.2 Å². The highest BCUT2D eigenvalue weighted by Crippen LogP contribution is 2.45. The Morgan fingerprint density at radius 2 is 1.70 bits per heavy atom. The minimum absolute atomic E-state index is 0.0416. The average Bonchev–Trinajstić information content (AvgIpc) is 2.53. The molecule has 0 fully saturated rings. The maximum absolute atomic E-state index is 11.2. The van der Waals surface area contributed by atoms with E-state index in [0.29, 0.717) is 5.75 Å². The van der Waals surface area contributed by atoms with Crippen molar-refractivity contribution < 1.29 is 14.5 Å². The van der Waals surface area contributed by atoms with Crippen LogP contribution in [0.4, 0.5) is 5.69 Å². The molecule has 2 rings (SSSR count). The van der Waals surface area contributed by atoms with Gasteiger partial charge in [-0.3, -0.25) is 14.9 Å². The minimum atomic E-state index is -0.436. The number of nitrogens with zero attached hydrogens (tertiary/aromatic N) is 1. The molecule has 0 amide bonds. The molecule has 2 atom stereocenters. The number of ether oxygens (including phenoxy) is 1. The van der Waals surface area contributed by atoms with Crippen molar-refractivity contribution in [2.75, 3.05) is 0 Å². The highest BCUT2D eigenvalue weighted by Gasteiger charge is 2.23. The third kappa shape index (κ3) is 4.39. The monoisotopic (exact) mass is 441 g/mol. The molecule has 0 saturated heterocycles. The summed E-state index contributed by atoms with van der Waals surface area (Å²) in [5.74, 6) is 0.0897. The van der Waals surface area contributed by atoms with Crippen LogP contribution >= 0.6 is 31.9 Å². The van der Waals surface area contributed by atoms with Crippen molar-refractivity contribution in [1.82, 2.24) is 0 Å². The van der Waals surface area contributed by atoms with Gasteiger partial charge in [-0.2, -0.15) is 0 Å². The highest BCUT2D eigenvalue weighted by molar-refractivity contribution is 9.12. The van der Waals surface area contributed by atoms with Crippen LogP contribution in [0.25, 0.3) is 0 Å². The largest absolute Gasteiger partial charge is 0.426 e. The molecule has 120 valence electrons. The van der Waals surface area contributed by atoms with Crippen molar-refractivity contribution in [1.29, 1.82) is 0 Å². The van der Waals surface area contributed by atoms with Gasteiger partial charge < -0.3 is 4.74 Å². The third-order valence-electron chi connectivity index (χ3n) is 3.15. The molecule has 2 aromatic carbocycles. The topological polar surface area (TPSA) is 69.4 Å². The first-order chi connectivity index (χ1) is 10.9. The number of carbonyl (C=O) groups is 1. The number of esters is 1. The first kappa shape index (κ1) is 17.6. The number of hydrogen-bond donors (Lipinski definition) is 0. The molecule has 2 unspecified atom stereocenters. The number of hydrogen-bond acceptors (Lipinski definition) is 4. The summed E-state index contributed by atoms with van der Waals surface area (Å²) in [7, 11) is 0. The number of carbonyl (C=O) groups excluding carboxylic acids is 1. The van der Waals surface area contributed by atoms with Gasteiger partial charge in [-0.25, -0.2) is 0 Å². The fourth-order valence-electron chi connectivity index (χ4n) is 2.06. The van der Waals surface area contributed by atoms with Crippen molar-refractivity contribution in [3.8, 4) is 5.75 Å². The van der Waals surface area contributed by atoms with E-state index >= 15 is 0 Å². The first-order valence-electron chi connectivity index (χ1n) is 6.70. The van der Waals surface area contributed by atoms with Gasteiger partial charge in [-0.05, 0) is 11.6 Å². The Kier molecular flexibility index (Phi) is 5.90. The molecule has 0 aliphatic rings. The summed E-state index contributed by atoms with van der Waals surface area (Å²) in [6.45, 7) is 1.35. The predicted octanol–water partition coefficient (Wildman–Crippen LogP) is 5.09. The highest BCUT2D eigenvalue weighted by atomic mass is 79.9. The zero-order valence-electron chi connectivity index (χ0n) is 12.1. The van der Waals surface area contributed by atoms with Crippen molar-refractivity contribution in [3.63, 3.8) is 0 Å². The second kappa shape index (κ2) is 7.70. The number of benzene rings is 2. The molecule has 0 aliphatic carbocycles. The van der Waals surface area contributed by atoms with Gasteiger partial charge in [0.25, 0.3) is 5.69 Å². The molecule has 0 aromatic heterocycles. The van der Waals surface area contributed by atoms with E-state index in [2.05, 4.69) is 31.9 Å². The number of alkyl halides is 2. The Balaban J connectivity index is 2.27. The van der Waals surface area contributed by atoms with Crippen LogP contribution in [0.5, 0.6) is 5.75 Å². The molecule has 0 N–H and O–H groups in total. The summed E-state index contributed by atoms with van der Waals surface area (Å²) in [4.78, 5) is 21.2. The summed E-state index contributed by atoms with van der Waals surface area (Å²) in [5.41, 5.74) is 1.72. The molecule has 0 heterocycles. The second-order valence-corrected chi connectivity index (χ2v) is 6.76. The van der Waals surface area contributed by atoms with Crippen LogP contribution in [0.15, 0.2) is 48.5 Å². The van der Waals surface area contributed by atoms with E-state index in [1.165, 1.54) is 19.1 Å². The molecule has 2 aromatic rings. The van der Waals surface area contributed by atoms with Gasteiger partial charge in [0, 0.05) is 24.6 Å². The summed E-state index contributed by atoms with van der Waals surface area (Å²) >= 11 is 7.20. The number of para-hydroxylation sites is 1. The zero-order valence-corrected chi connectivity index (χ0v) is 15.3. The predicted molar refractivity (Wildman–Crippen MR) is 94.2 cm³/mol. The van der Waals surface area contributed by atoms with Crippen LogP contribution in [-0.2, 0) is 4.79 Å². The van der Waals surface area contributed by atoms with E-state index in [1.807, 2.05) is 12.1 Å². The van der Waals surface area contributed by atoms with Crippen LogP contribution in [0.1, 0.15) is 27.7 Å². The number of rotatable bonds is 5. The van der Waals surface area contributed by atoms with E-state index in [9.17, 15) is 14.9 Å². The van der Waals surface area contributed by atoms with Crippen molar-refractivity contribution in [2.45, 2.75) is 16.6 Å². The lowest BCUT2D eigenvalue weighted by atomic mass is 10.0. The minimum Gasteiger partial charge on any atom is -0.426 e. The van der Waals surface area contributed by atoms with Gasteiger partial charge in [-0.15, -0.1) is 0 Å². The van der Waals surface area contributed by atoms with Crippen LogP contribution in [0.2, 0.25) is 0 Å². The Labute approximate surface area is 150 Å². The third-order valence-corrected chi connectivity index (χ3v) is 5.94. The first-order valence-corrected chi connectivity index (χ1v) is 8.53.